The topological polar surface area (TPSA) is 184 Å². The molecule has 9 rings (SSSR count). The summed E-state index contributed by atoms with van der Waals surface area (Å²) in [6, 6.07) is 18.7. The number of carbonyl (C=O) groups is 1. The smallest absolute Gasteiger partial charge is 0.297 e. The van der Waals surface area contributed by atoms with Gasteiger partial charge in [-0.2, -0.15) is 0 Å². The van der Waals surface area contributed by atoms with Crippen molar-refractivity contribution in [1.29, 1.82) is 0 Å². The van der Waals surface area contributed by atoms with Crippen LogP contribution in [-0.4, -0.2) is 117 Å². The summed E-state index contributed by atoms with van der Waals surface area (Å²) in [5, 5.41) is 17.1. The number of benzene rings is 3. The van der Waals surface area contributed by atoms with Crippen LogP contribution in [0.3, 0.4) is 0 Å². The van der Waals surface area contributed by atoms with Crippen molar-refractivity contribution in [2.24, 2.45) is 5.41 Å². The molecule has 2 atom stereocenters. The van der Waals surface area contributed by atoms with Gasteiger partial charge in [-0.25, -0.2) is 18.1 Å². The van der Waals surface area contributed by atoms with Crippen molar-refractivity contribution in [3.63, 3.8) is 0 Å². The van der Waals surface area contributed by atoms with E-state index in [1.165, 1.54) is 35.0 Å². The van der Waals surface area contributed by atoms with Gasteiger partial charge >= 0.3 is 0 Å². The summed E-state index contributed by atoms with van der Waals surface area (Å²) in [6.45, 7) is 13.3. The molecule has 18 heteroatoms. The Hall–Kier alpha value is -5.72. The van der Waals surface area contributed by atoms with Crippen LogP contribution in [0.15, 0.2) is 89.6 Å². The Bertz CT molecular complexity index is 2750. The van der Waals surface area contributed by atoms with E-state index in [9.17, 15) is 23.3 Å². The van der Waals surface area contributed by atoms with Gasteiger partial charge in [-0.3, -0.25) is 24.7 Å². The summed E-state index contributed by atoms with van der Waals surface area (Å²) in [5.74, 6) is -0.526. The number of hydrogen-bond donors (Lipinski definition) is 3. The number of carbonyl (C=O) groups excluding carboxylic acids is 1. The van der Waals surface area contributed by atoms with Crippen molar-refractivity contribution in [3.8, 4) is 17.2 Å². The third-order valence-electron chi connectivity index (χ3n) is 12.7. The first-order chi connectivity index (χ1) is 31.2. The van der Waals surface area contributed by atoms with Crippen molar-refractivity contribution < 1.29 is 32.3 Å². The summed E-state index contributed by atoms with van der Waals surface area (Å²) in [4.78, 5) is 39.6. The highest BCUT2D eigenvalue weighted by Crippen LogP contribution is 2.44. The van der Waals surface area contributed by atoms with E-state index in [1.807, 2.05) is 25.1 Å². The van der Waals surface area contributed by atoms with Gasteiger partial charge in [-0.15, -0.1) is 0 Å². The maximum Gasteiger partial charge on any atom is 0.297 e. The molecular formula is C47H53ClN8O8S. The predicted octanol–water partition coefficient (Wildman–Crippen LogP) is 7.72. The average molecular weight is 926 g/mol. The Labute approximate surface area is 383 Å². The molecule has 2 aromatic heterocycles. The number of rotatable bonds is 12. The van der Waals surface area contributed by atoms with Crippen LogP contribution < -0.4 is 24.4 Å². The van der Waals surface area contributed by atoms with E-state index in [0.29, 0.717) is 50.7 Å². The zero-order valence-corrected chi connectivity index (χ0v) is 38.2. The minimum atomic E-state index is -4.66. The lowest BCUT2D eigenvalue weighted by Gasteiger charge is -2.39. The molecule has 3 N–H and O–H groups in total. The molecule has 16 nitrogen and oxygen atoms in total. The molecule has 5 heterocycles. The van der Waals surface area contributed by atoms with Gasteiger partial charge in [0, 0.05) is 92.9 Å². The largest absolute Gasteiger partial charge is 0.489 e. The summed E-state index contributed by atoms with van der Waals surface area (Å²) < 4.78 is 47.9. The Morgan fingerprint density at radius 2 is 1.85 bits per heavy atom. The van der Waals surface area contributed by atoms with Gasteiger partial charge in [0.15, 0.2) is 11.4 Å². The molecule has 5 aromatic rings. The number of allylic oxidation sites excluding steroid dienone is 1. The maximum absolute atomic E-state index is 14.1. The maximum atomic E-state index is 14.1. The van der Waals surface area contributed by atoms with E-state index in [-0.39, 0.29) is 46.9 Å². The number of fused-ring (bicyclic) bond motifs is 2. The van der Waals surface area contributed by atoms with Crippen molar-refractivity contribution in [1.82, 2.24) is 24.5 Å². The van der Waals surface area contributed by atoms with Crippen LogP contribution in [0.1, 0.15) is 56.0 Å². The number of sulfonamides is 1. The van der Waals surface area contributed by atoms with Gasteiger partial charge in [0.05, 0.1) is 40.3 Å². The number of nitro benzene ring substituents is 1. The van der Waals surface area contributed by atoms with Crippen molar-refractivity contribution >= 4 is 61.2 Å². The lowest BCUT2D eigenvalue weighted by Crippen LogP contribution is -2.48. The highest BCUT2D eigenvalue weighted by molar-refractivity contribution is 7.90. The molecule has 65 heavy (non-hydrogen) atoms. The van der Waals surface area contributed by atoms with Crippen LogP contribution in [0.5, 0.6) is 17.2 Å². The molecule has 4 aliphatic rings. The van der Waals surface area contributed by atoms with Crippen LogP contribution in [0, 0.1) is 15.5 Å². The summed E-state index contributed by atoms with van der Waals surface area (Å²) in [7, 11) is -4.66. The van der Waals surface area contributed by atoms with Crippen molar-refractivity contribution in [2.75, 3.05) is 75.8 Å². The van der Waals surface area contributed by atoms with Crippen LogP contribution >= 0.6 is 11.6 Å². The third kappa shape index (κ3) is 10.1. The summed E-state index contributed by atoms with van der Waals surface area (Å²) in [5.41, 5.74) is 5.30. The third-order valence-corrected chi connectivity index (χ3v) is 14.3. The fraction of sp³-hybridized carbons (Fsp3) is 0.404. The molecule has 1 aliphatic carbocycles. The minimum absolute atomic E-state index is 0.00107. The molecule has 1 amide bonds. The fourth-order valence-electron chi connectivity index (χ4n) is 9.25. The van der Waals surface area contributed by atoms with E-state index in [0.717, 1.165) is 61.1 Å². The average Bonchev–Trinajstić information content (AvgIpc) is 3.75. The van der Waals surface area contributed by atoms with Gasteiger partial charge < -0.3 is 29.4 Å². The van der Waals surface area contributed by atoms with E-state index >= 15 is 0 Å². The summed E-state index contributed by atoms with van der Waals surface area (Å²) in [6.07, 6.45) is 6.52. The number of hydrogen-bond acceptors (Lipinski definition) is 13. The molecule has 342 valence electrons. The first kappa shape index (κ1) is 44.5. The second-order valence-electron chi connectivity index (χ2n) is 18.2. The Morgan fingerprint density at radius 1 is 1.05 bits per heavy atom. The molecule has 0 saturated carbocycles. The number of H-pyrrole nitrogens is 1. The second kappa shape index (κ2) is 18.3. The highest BCUT2D eigenvalue weighted by atomic mass is 35.5. The Kier molecular flexibility index (Phi) is 12.5. The predicted molar refractivity (Wildman–Crippen MR) is 250 cm³/mol. The normalized spacial score (nSPS) is 20.5. The van der Waals surface area contributed by atoms with E-state index in [4.69, 9.17) is 25.8 Å². The number of pyridine rings is 1. The SMILES string of the molecule is C[C@@H]1CN(C[C@H]2COc3cc(S(=O)(=O)NC(=O)c4ccc(N5CCN(CC6=C(c7ccc(Cl)cc7)CC(C)(C)CC6)CC5)cc4Oc4cnc5[nH]ccc5c4)cc([N+](=O)[O-])c3N2)CCO1. The number of piperazine rings is 1. The molecule has 3 aromatic carbocycles. The van der Waals surface area contributed by atoms with E-state index in [1.54, 1.807) is 24.4 Å². The van der Waals surface area contributed by atoms with Gasteiger partial charge in [-0.1, -0.05) is 43.2 Å². The van der Waals surface area contributed by atoms with Gasteiger partial charge in [0.2, 0.25) is 0 Å². The standard InChI is InChI=1S/C47H53ClN8O8S/c1-30-26-54(18-19-62-30)28-35-29-63-43-23-38(22-41(56(58)59)44(43)51-35)65(60,61)52-46(57)39-9-8-36(21-42(39)64-37-20-32-11-13-49-45(32)50-25-37)55-16-14-53(15-17-55)27-33-10-12-47(2,3)24-40(33)31-4-6-34(48)7-5-31/h4-9,11,13,20-23,25,30,35,51H,10,12,14-19,24,26-29H2,1-3H3,(H,49,50)(H,52,57)/t30-,35+/m1/s1. The van der Waals surface area contributed by atoms with Gasteiger partial charge in [0.25, 0.3) is 21.6 Å². The molecule has 2 saturated heterocycles. The molecule has 2 fully saturated rings. The lowest BCUT2D eigenvalue weighted by atomic mass is 9.72. The zero-order valence-electron chi connectivity index (χ0n) is 36.6. The number of ether oxygens (including phenoxy) is 3. The van der Waals surface area contributed by atoms with Crippen molar-refractivity contribution in [2.45, 2.75) is 57.1 Å². The Balaban J connectivity index is 0.935. The number of nitrogens with zero attached hydrogens (tertiary/aromatic N) is 5. The number of amides is 1. The number of aromatic nitrogens is 2. The number of nitro groups is 1. The Morgan fingerprint density at radius 3 is 2.62 bits per heavy atom. The van der Waals surface area contributed by atoms with Crippen LogP contribution in [-0.2, 0) is 14.8 Å². The molecule has 0 bridgehead atoms. The molecule has 0 unspecified atom stereocenters. The number of aromatic amines is 1. The quantitative estimate of drug-likeness (QED) is 0.0818. The first-order valence-corrected chi connectivity index (χ1v) is 23.8. The number of nitrogens with one attached hydrogen (secondary N) is 3. The summed E-state index contributed by atoms with van der Waals surface area (Å²) >= 11 is 6.25. The number of halogens is 1. The molecule has 0 spiro atoms. The van der Waals surface area contributed by atoms with Gasteiger partial charge in [0.1, 0.15) is 23.8 Å². The van der Waals surface area contributed by atoms with Crippen LogP contribution in [0.4, 0.5) is 17.1 Å². The number of anilines is 2. The minimum Gasteiger partial charge on any atom is -0.489 e. The molecule has 3 aliphatic heterocycles. The van der Waals surface area contributed by atoms with Gasteiger partial charge in [-0.05, 0) is 79.1 Å². The molecular weight excluding hydrogens is 872 g/mol. The van der Waals surface area contributed by atoms with Crippen LogP contribution in [0.2, 0.25) is 5.02 Å². The fourth-order valence-corrected chi connectivity index (χ4v) is 10.4. The lowest BCUT2D eigenvalue weighted by molar-refractivity contribution is -0.384. The van der Waals surface area contributed by atoms with E-state index < -0.39 is 31.4 Å². The van der Waals surface area contributed by atoms with Crippen molar-refractivity contribution in [3.05, 3.63) is 111 Å². The molecule has 0 radical (unpaired) electrons. The first-order valence-electron chi connectivity index (χ1n) is 22.0. The monoisotopic (exact) mass is 924 g/mol. The van der Waals surface area contributed by atoms with E-state index in [2.05, 4.69) is 60.7 Å². The van der Waals surface area contributed by atoms with Crippen LogP contribution in [0.25, 0.3) is 16.6 Å². The number of morpholine rings is 1. The highest BCUT2D eigenvalue weighted by Gasteiger charge is 2.34. The second-order valence-corrected chi connectivity index (χ2v) is 20.3. The zero-order chi connectivity index (χ0) is 45.5.